The number of piperidine rings is 1. The van der Waals surface area contributed by atoms with E-state index >= 15 is 0 Å². The predicted molar refractivity (Wildman–Crippen MR) is 76.1 cm³/mol. The summed E-state index contributed by atoms with van der Waals surface area (Å²) in [6.07, 6.45) is 4.85. The first-order chi connectivity index (χ1) is 8.51. The maximum Gasteiger partial charge on any atom is 0.279 e. The Morgan fingerprint density at radius 2 is 2.17 bits per heavy atom. The summed E-state index contributed by atoms with van der Waals surface area (Å²) in [5.41, 5.74) is 0. The third kappa shape index (κ3) is 4.68. The molecule has 0 spiro atoms. The number of nitrogens with zero attached hydrogens (tertiary/aromatic N) is 1. The van der Waals surface area contributed by atoms with E-state index in [0.717, 1.165) is 32.1 Å². The number of alkyl halides is 1. The van der Waals surface area contributed by atoms with Gasteiger partial charge >= 0.3 is 0 Å². The van der Waals surface area contributed by atoms with Gasteiger partial charge in [-0.1, -0.05) is 19.8 Å². The molecule has 1 fully saturated rings. The summed E-state index contributed by atoms with van der Waals surface area (Å²) in [6, 6.07) is 0.115. The largest absolute Gasteiger partial charge is 0.279 e. The van der Waals surface area contributed by atoms with E-state index in [0.29, 0.717) is 24.9 Å². The van der Waals surface area contributed by atoms with Gasteiger partial charge < -0.3 is 0 Å². The van der Waals surface area contributed by atoms with Gasteiger partial charge in [0.15, 0.2) is 0 Å². The molecule has 0 radical (unpaired) electrons. The molecule has 0 saturated carbocycles. The first-order valence-corrected chi connectivity index (χ1v) is 8.81. The van der Waals surface area contributed by atoms with Crippen LogP contribution in [0.5, 0.6) is 0 Å². The van der Waals surface area contributed by atoms with Crippen molar-refractivity contribution in [1.82, 2.24) is 9.03 Å². The maximum atomic E-state index is 12.2. The second-order valence-corrected chi connectivity index (χ2v) is 7.15. The van der Waals surface area contributed by atoms with Crippen molar-refractivity contribution >= 4 is 21.8 Å². The van der Waals surface area contributed by atoms with Crippen molar-refractivity contribution in [3.63, 3.8) is 0 Å². The number of hydrogen-bond acceptors (Lipinski definition) is 2. The average Bonchev–Trinajstić information content (AvgIpc) is 2.34. The summed E-state index contributed by atoms with van der Waals surface area (Å²) in [6.45, 7) is 5.18. The Balaban J connectivity index is 2.52. The van der Waals surface area contributed by atoms with Gasteiger partial charge in [0, 0.05) is 25.0 Å². The molecule has 0 aromatic carbocycles. The lowest BCUT2D eigenvalue weighted by Gasteiger charge is -2.32. The molecule has 1 N–H and O–H groups in total. The fourth-order valence-corrected chi connectivity index (χ4v) is 4.21. The number of hydrogen-bond donors (Lipinski definition) is 1. The van der Waals surface area contributed by atoms with E-state index in [9.17, 15) is 8.42 Å². The minimum atomic E-state index is -3.32. The van der Waals surface area contributed by atoms with E-state index in [1.54, 1.807) is 4.31 Å². The van der Waals surface area contributed by atoms with Gasteiger partial charge in [0.1, 0.15) is 0 Å². The topological polar surface area (TPSA) is 49.4 Å². The van der Waals surface area contributed by atoms with Crippen LogP contribution in [0.15, 0.2) is 0 Å². The summed E-state index contributed by atoms with van der Waals surface area (Å²) in [7, 11) is -3.32. The quantitative estimate of drug-likeness (QED) is 0.733. The van der Waals surface area contributed by atoms with Crippen molar-refractivity contribution in [2.24, 2.45) is 5.92 Å². The highest BCUT2D eigenvalue weighted by atomic mass is 35.5. The lowest BCUT2D eigenvalue weighted by molar-refractivity contribution is 0.264. The van der Waals surface area contributed by atoms with Crippen LogP contribution in [0, 0.1) is 5.92 Å². The van der Waals surface area contributed by atoms with Crippen molar-refractivity contribution in [3.05, 3.63) is 0 Å². The smallest absolute Gasteiger partial charge is 0.202 e. The number of nitrogens with one attached hydrogen (secondary N) is 1. The molecule has 0 aromatic heterocycles. The highest BCUT2D eigenvalue weighted by Crippen LogP contribution is 2.19. The summed E-state index contributed by atoms with van der Waals surface area (Å²) in [5, 5.41) is 0. The van der Waals surface area contributed by atoms with E-state index in [4.69, 9.17) is 11.6 Å². The predicted octanol–water partition coefficient (Wildman–Crippen LogP) is 2.35. The molecule has 18 heavy (non-hydrogen) atoms. The van der Waals surface area contributed by atoms with E-state index in [1.807, 2.05) is 6.92 Å². The van der Waals surface area contributed by atoms with Crippen molar-refractivity contribution < 1.29 is 8.42 Å². The third-order valence-corrected chi connectivity index (χ3v) is 5.61. The Bertz CT molecular complexity index is 335. The van der Waals surface area contributed by atoms with Crippen molar-refractivity contribution in [2.45, 2.75) is 52.0 Å². The summed E-state index contributed by atoms with van der Waals surface area (Å²) in [5.74, 6) is 0.915. The minimum Gasteiger partial charge on any atom is -0.202 e. The highest BCUT2D eigenvalue weighted by molar-refractivity contribution is 7.87. The lowest BCUT2D eigenvalue weighted by Crippen LogP contribution is -2.48. The molecule has 2 atom stereocenters. The number of rotatable bonds is 7. The van der Waals surface area contributed by atoms with Gasteiger partial charge in [0.25, 0.3) is 10.2 Å². The molecule has 1 heterocycles. The first kappa shape index (κ1) is 16.2. The van der Waals surface area contributed by atoms with Gasteiger partial charge in [-0.3, -0.25) is 0 Å². The van der Waals surface area contributed by atoms with Crippen molar-refractivity contribution in [3.8, 4) is 0 Å². The zero-order valence-electron chi connectivity index (χ0n) is 11.4. The zero-order valence-corrected chi connectivity index (χ0v) is 12.9. The van der Waals surface area contributed by atoms with Crippen LogP contribution in [0.1, 0.15) is 46.0 Å². The Morgan fingerprint density at radius 3 is 2.72 bits per heavy atom. The molecular formula is C12H25ClN2O2S. The molecule has 0 bridgehead atoms. The van der Waals surface area contributed by atoms with Gasteiger partial charge in [0.2, 0.25) is 0 Å². The van der Waals surface area contributed by atoms with Gasteiger partial charge in [-0.2, -0.15) is 12.7 Å². The fourth-order valence-electron chi connectivity index (χ4n) is 2.34. The Labute approximate surface area is 116 Å². The second kappa shape index (κ2) is 7.68. The molecule has 0 aliphatic carbocycles. The normalized spacial score (nSPS) is 24.1. The van der Waals surface area contributed by atoms with Crippen LogP contribution in [0.25, 0.3) is 0 Å². The molecule has 1 saturated heterocycles. The minimum absolute atomic E-state index is 0.115. The molecule has 6 heteroatoms. The average molecular weight is 297 g/mol. The molecule has 108 valence electrons. The second-order valence-electron chi connectivity index (χ2n) is 5.06. The Hall–Kier alpha value is 0.160. The lowest BCUT2D eigenvalue weighted by atomic mass is 10.0. The molecular weight excluding hydrogens is 272 g/mol. The number of halogens is 1. The SMILES string of the molecule is CCC(CCCl)CNS(=O)(=O)N1CCCCC1C. The van der Waals surface area contributed by atoms with E-state index < -0.39 is 10.2 Å². The van der Waals surface area contributed by atoms with Crippen molar-refractivity contribution in [1.29, 1.82) is 0 Å². The Kier molecular flexibility index (Phi) is 6.92. The monoisotopic (exact) mass is 296 g/mol. The van der Waals surface area contributed by atoms with Crippen LogP contribution in [0.2, 0.25) is 0 Å². The molecule has 0 amide bonds. The van der Waals surface area contributed by atoms with Crippen LogP contribution in [-0.2, 0) is 10.2 Å². The summed E-state index contributed by atoms with van der Waals surface area (Å²) >= 11 is 5.71. The third-order valence-electron chi connectivity index (χ3n) is 3.70. The van der Waals surface area contributed by atoms with Crippen LogP contribution < -0.4 is 4.72 Å². The molecule has 1 rings (SSSR count). The van der Waals surface area contributed by atoms with E-state index in [-0.39, 0.29) is 6.04 Å². The van der Waals surface area contributed by atoms with E-state index in [1.165, 1.54) is 0 Å². The first-order valence-electron chi connectivity index (χ1n) is 6.83. The molecule has 2 unspecified atom stereocenters. The highest BCUT2D eigenvalue weighted by Gasteiger charge is 2.29. The van der Waals surface area contributed by atoms with Gasteiger partial charge in [-0.25, -0.2) is 4.72 Å². The van der Waals surface area contributed by atoms with Gasteiger partial charge in [0.05, 0.1) is 0 Å². The molecule has 1 aliphatic heterocycles. The van der Waals surface area contributed by atoms with Crippen molar-refractivity contribution in [2.75, 3.05) is 19.0 Å². The van der Waals surface area contributed by atoms with Crippen LogP contribution >= 0.6 is 11.6 Å². The van der Waals surface area contributed by atoms with Crippen LogP contribution in [0.4, 0.5) is 0 Å². The van der Waals surface area contributed by atoms with Gasteiger partial charge in [-0.15, -0.1) is 11.6 Å². The van der Waals surface area contributed by atoms with Crippen LogP contribution in [-0.4, -0.2) is 37.7 Å². The molecule has 1 aliphatic rings. The maximum absolute atomic E-state index is 12.2. The molecule has 0 aromatic rings. The van der Waals surface area contributed by atoms with Crippen LogP contribution in [0.3, 0.4) is 0 Å². The van der Waals surface area contributed by atoms with Gasteiger partial charge in [-0.05, 0) is 32.1 Å². The summed E-state index contributed by atoms with van der Waals surface area (Å²) < 4.78 is 28.7. The van der Waals surface area contributed by atoms with E-state index in [2.05, 4.69) is 11.6 Å². The fraction of sp³-hybridized carbons (Fsp3) is 1.00. The summed E-state index contributed by atoms with van der Waals surface area (Å²) in [4.78, 5) is 0. The zero-order chi connectivity index (χ0) is 13.6. The Morgan fingerprint density at radius 1 is 1.44 bits per heavy atom. The molecule has 4 nitrogen and oxygen atoms in total. The standard InChI is InChI=1S/C12H25ClN2O2S/c1-3-12(7-8-13)10-14-18(16,17)15-9-5-4-6-11(15)2/h11-12,14H,3-10H2,1-2H3.